The van der Waals surface area contributed by atoms with E-state index in [9.17, 15) is 4.79 Å². The highest BCUT2D eigenvalue weighted by atomic mass is 35.5. The Hall–Kier alpha value is -3.90. The van der Waals surface area contributed by atoms with E-state index in [1.165, 1.54) is 4.80 Å². The molecule has 0 aliphatic heterocycles. The van der Waals surface area contributed by atoms with Gasteiger partial charge in [-0.1, -0.05) is 54.1 Å². The molecule has 0 unspecified atom stereocenters. The number of methoxy groups -OCH3 is 1. The predicted molar refractivity (Wildman–Crippen MR) is 127 cm³/mol. The van der Waals surface area contributed by atoms with E-state index < -0.39 is 0 Å². The van der Waals surface area contributed by atoms with Crippen molar-refractivity contribution in [3.8, 4) is 11.4 Å². The summed E-state index contributed by atoms with van der Waals surface area (Å²) in [6.45, 7) is 0. The lowest BCUT2D eigenvalue weighted by atomic mass is 10.0. The van der Waals surface area contributed by atoms with Crippen LogP contribution in [0.5, 0.6) is 5.75 Å². The van der Waals surface area contributed by atoms with Crippen molar-refractivity contribution in [3.05, 3.63) is 89.4 Å². The Kier molecular flexibility index (Phi) is 5.21. The molecule has 0 aliphatic rings. The van der Waals surface area contributed by atoms with Gasteiger partial charge in [-0.3, -0.25) is 4.79 Å². The summed E-state index contributed by atoms with van der Waals surface area (Å²) < 4.78 is 5.19. The highest BCUT2D eigenvalue weighted by Crippen LogP contribution is 2.27. The van der Waals surface area contributed by atoms with Gasteiger partial charge in [0.25, 0.3) is 0 Å². The average molecular weight is 443 g/mol. The maximum atomic E-state index is 12.7. The van der Waals surface area contributed by atoms with Crippen LogP contribution >= 0.6 is 11.6 Å². The van der Waals surface area contributed by atoms with Crippen LogP contribution in [0.3, 0.4) is 0 Å². The number of nitrogens with zero attached hydrogens (tertiary/aromatic N) is 3. The molecule has 0 aliphatic carbocycles. The SMILES string of the molecule is COc1ccc(-n2nc3ccc(NC(=O)Cc4cccc5ccccc45)cc3n2)cc1Cl. The number of nitrogens with one attached hydrogen (secondary N) is 1. The zero-order chi connectivity index (χ0) is 22.1. The van der Waals surface area contributed by atoms with Crippen LogP contribution in [0.25, 0.3) is 27.5 Å². The number of carbonyl (C=O) groups excluding carboxylic acids is 1. The fourth-order valence-corrected chi connectivity index (χ4v) is 3.96. The fraction of sp³-hybridized carbons (Fsp3) is 0.0800. The first-order valence-electron chi connectivity index (χ1n) is 10.1. The number of benzene rings is 4. The molecule has 0 spiro atoms. The van der Waals surface area contributed by atoms with E-state index in [0.717, 1.165) is 16.3 Å². The van der Waals surface area contributed by atoms with Gasteiger partial charge in [0, 0.05) is 5.69 Å². The van der Waals surface area contributed by atoms with Crippen LogP contribution in [-0.4, -0.2) is 28.0 Å². The molecule has 32 heavy (non-hydrogen) atoms. The molecule has 0 radical (unpaired) electrons. The summed E-state index contributed by atoms with van der Waals surface area (Å²) in [6, 6.07) is 24.9. The molecule has 0 atom stereocenters. The van der Waals surface area contributed by atoms with E-state index in [1.54, 1.807) is 19.2 Å². The largest absolute Gasteiger partial charge is 0.495 e. The Labute approximate surface area is 189 Å². The molecule has 5 aromatic rings. The Morgan fingerprint density at radius 1 is 0.969 bits per heavy atom. The highest BCUT2D eigenvalue weighted by molar-refractivity contribution is 6.32. The molecule has 0 saturated carbocycles. The van der Waals surface area contributed by atoms with E-state index in [1.807, 2.05) is 66.7 Å². The normalized spacial score (nSPS) is 11.1. The maximum absolute atomic E-state index is 12.7. The minimum absolute atomic E-state index is 0.0879. The molecule has 6 nitrogen and oxygen atoms in total. The summed E-state index contributed by atoms with van der Waals surface area (Å²) in [5, 5.41) is 14.7. The molecule has 5 rings (SSSR count). The van der Waals surface area contributed by atoms with Crippen molar-refractivity contribution in [2.45, 2.75) is 6.42 Å². The Morgan fingerprint density at radius 3 is 2.62 bits per heavy atom. The van der Waals surface area contributed by atoms with Gasteiger partial charge in [0.2, 0.25) is 5.91 Å². The van der Waals surface area contributed by atoms with Gasteiger partial charge < -0.3 is 10.1 Å². The van der Waals surface area contributed by atoms with E-state index in [2.05, 4.69) is 15.5 Å². The molecular formula is C25H19ClN4O2. The number of hydrogen-bond donors (Lipinski definition) is 1. The van der Waals surface area contributed by atoms with Gasteiger partial charge in [-0.25, -0.2) is 0 Å². The molecule has 158 valence electrons. The van der Waals surface area contributed by atoms with Crippen molar-refractivity contribution in [2.75, 3.05) is 12.4 Å². The Balaban J connectivity index is 1.37. The van der Waals surface area contributed by atoms with Crippen LogP contribution in [0.1, 0.15) is 5.56 Å². The van der Waals surface area contributed by atoms with Gasteiger partial charge in [-0.2, -0.15) is 4.80 Å². The number of ether oxygens (including phenoxy) is 1. The first-order valence-corrected chi connectivity index (χ1v) is 10.5. The van der Waals surface area contributed by atoms with Gasteiger partial charge in [-0.05, 0) is 52.7 Å². The number of halogens is 1. The van der Waals surface area contributed by atoms with Gasteiger partial charge in [0.1, 0.15) is 16.8 Å². The number of hydrogen-bond acceptors (Lipinski definition) is 4. The molecule has 7 heteroatoms. The summed E-state index contributed by atoms with van der Waals surface area (Å²) in [4.78, 5) is 14.2. The van der Waals surface area contributed by atoms with Crippen LogP contribution in [0.2, 0.25) is 5.02 Å². The van der Waals surface area contributed by atoms with Crippen molar-refractivity contribution in [3.63, 3.8) is 0 Å². The molecule has 1 N–H and O–H groups in total. The third-order valence-electron chi connectivity index (χ3n) is 5.26. The fourth-order valence-electron chi connectivity index (χ4n) is 3.71. The van der Waals surface area contributed by atoms with Gasteiger partial charge in [0.05, 0.1) is 24.2 Å². The average Bonchev–Trinajstić information content (AvgIpc) is 3.23. The van der Waals surface area contributed by atoms with Crippen LogP contribution in [-0.2, 0) is 11.2 Å². The Morgan fingerprint density at radius 2 is 1.78 bits per heavy atom. The number of amides is 1. The number of fused-ring (bicyclic) bond motifs is 2. The second-order valence-corrected chi connectivity index (χ2v) is 7.78. The highest BCUT2D eigenvalue weighted by Gasteiger charge is 2.11. The molecule has 4 aromatic carbocycles. The summed E-state index contributed by atoms with van der Waals surface area (Å²) >= 11 is 6.22. The molecule has 1 heterocycles. The number of anilines is 1. The molecule has 1 aromatic heterocycles. The van der Waals surface area contributed by atoms with E-state index in [0.29, 0.717) is 33.2 Å². The van der Waals surface area contributed by atoms with Crippen molar-refractivity contribution < 1.29 is 9.53 Å². The molecule has 0 saturated heterocycles. The van der Waals surface area contributed by atoms with Gasteiger partial charge in [0.15, 0.2) is 0 Å². The van der Waals surface area contributed by atoms with Crippen molar-refractivity contribution >= 4 is 45.0 Å². The first kappa shape index (κ1) is 20.0. The van der Waals surface area contributed by atoms with E-state index in [-0.39, 0.29) is 12.3 Å². The second-order valence-electron chi connectivity index (χ2n) is 7.38. The molecule has 0 fully saturated rings. The third kappa shape index (κ3) is 3.88. The Bertz CT molecular complexity index is 1460. The molecular weight excluding hydrogens is 424 g/mol. The molecule has 0 bridgehead atoms. The number of aromatic nitrogens is 3. The smallest absolute Gasteiger partial charge is 0.228 e. The summed E-state index contributed by atoms with van der Waals surface area (Å²) in [5.41, 5.74) is 3.75. The maximum Gasteiger partial charge on any atom is 0.228 e. The molecule has 1 amide bonds. The predicted octanol–water partition coefficient (Wildman–Crippen LogP) is 5.42. The quantitative estimate of drug-likeness (QED) is 0.394. The summed E-state index contributed by atoms with van der Waals surface area (Å²) in [7, 11) is 1.57. The van der Waals surface area contributed by atoms with Crippen molar-refractivity contribution in [1.82, 2.24) is 15.0 Å². The lowest BCUT2D eigenvalue weighted by Gasteiger charge is -2.08. The van der Waals surface area contributed by atoms with Crippen LogP contribution < -0.4 is 10.1 Å². The summed E-state index contributed by atoms with van der Waals surface area (Å²) in [5.74, 6) is 0.498. The van der Waals surface area contributed by atoms with E-state index in [4.69, 9.17) is 16.3 Å². The standard InChI is InChI=1S/C25H19ClN4O2/c1-32-24-12-10-19(15-21(24)26)30-28-22-11-9-18(14-23(22)29-30)27-25(31)13-17-7-4-6-16-5-2-3-8-20(16)17/h2-12,14-15H,13H2,1H3,(H,27,31). The summed E-state index contributed by atoms with van der Waals surface area (Å²) in [6.07, 6.45) is 0.288. The lowest BCUT2D eigenvalue weighted by Crippen LogP contribution is -2.14. The van der Waals surface area contributed by atoms with Crippen molar-refractivity contribution in [2.24, 2.45) is 0 Å². The van der Waals surface area contributed by atoms with Crippen LogP contribution in [0.15, 0.2) is 78.9 Å². The van der Waals surface area contributed by atoms with Crippen LogP contribution in [0.4, 0.5) is 5.69 Å². The van der Waals surface area contributed by atoms with Crippen LogP contribution in [0, 0.1) is 0 Å². The van der Waals surface area contributed by atoms with Gasteiger partial charge in [-0.15, -0.1) is 10.2 Å². The third-order valence-corrected chi connectivity index (χ3v) is 5.56. The topological polar surface area (TPSA) is 69.0 Å². The number of rotatable bonds is 5. The zero-order valence-electron chi connectivity index (χ0n) is 17.2. The second kappa shape index (κ2) is 8.32. The lowest BCUT2D eigenvalue weighted by molar-refractivity contribution is -0.115. The minimum Gasteiger partial charge on any atom is -0.495 e. The number of carbonyl (C=O) groups is 1. The van der Waals surface area contributed by atoms with Crippen molar-refractivity contribution in [1.29, 1.82) is 0 Å². The monoisotopic (exact) mass is 442 g/mol. The van der Waals surface area contributed by atoms with Gasteiger partial charge >= 0.3 is 0 Å². The zero-order valence-corrected chi connectivity index (χ0v) is 18.0. The first-order chi connectivity index (χ1) is 15.6. The minimum atomic E-state index is -0.0879. The van der Waals surface area contributed by atoms with E-state index >= 15 is 0 Å².